The fourth-order valence-corrected chi connectivity index (χ4v) is 1.32. The molecule has 5 heteroatoms. The normalized spacial score (nSPS) is 11.8. The highest BCUT2D eigenvalue weighted by Gasteiger charge is 2.17. The lowest BCUT2D eigenvalue weighted by Gasteiger charge is -2.15. The first-order chi connectivity index (χ1) is 8.12. The van der Waals surface area contributed by atoms with Crippen LogP contribution in [0.2, 0.25) is 0 Å². The fraction of sp³-hybridized carbons (Fsp3) is 0.417. The predicted molar refractivity (Wildman–Crippen MR) is 61.0 cm³/mol. The number of hydrogen-bond donors (Lipinski definition) is 1. The van der Waals surface area contributed by atoms with Crippen LogP contribution >= 0.6 is 0 Å². The lowest BCUT2D eigenvalue weighted by atomic mass is 10.2. The molecule has 1 aromatic carbocycles. The standard InChI is InChI=1S/C12H16O5/c1-8(12(14)16-3)17-11-6-9(7-13)4-5-10(11)15-2/h4-6,8,13H,7H2,1-3H3. The fourth-order valence-electron chi connectivity index (χ4n) is 1.32. The van der Waals surface area contributed by atoms with Crippen molar-refractivity contribution in [1.29, 1.82) is 0 Å². The van der Waals surface area contributed by atoms with E-state index in [0.717, 1.165) is 0 Å². The maximum Gasteiger partial charge on any atom is 0.346 e. The molecule has 0 aromatic heterocycles. The molecule has 0 aliphatic rings. The van der Waals surface area contributed by atoms with Gasteiger partial charge in [0.1, 0.15) is 0 Å². The lowest BCUT2D eigenvalue weighted by molar-refractivity contribution is -0.147. The summed E-state index contributed by atoms with van der Waals surface area (Å²) in [5.74, 6) is 0.427. The van der Waals surface area contributed by atoms with E-state index in [9.17, 15) is 4.79 Å². The summed E-state index contributed by atoms with van der Waals surface area (Å²) in [5.41, 5.74) is 0.679. The minimum atomic E-state index is -0.733. The van der Waals surface area contributed by atoms with Crippen LogP contribution in [0.5, 0.6) is 11.5 Å². The van der Waals surface area contributed by atoms with E-state index in [2.05, 4.69) is 4.74 Å². The molecule has 0 heterocycles. The Hall–Kier alpha value is -1.75. The van der Waals surface area contributed by atoms with Crippen molar-refractivity contribution in [3.63, 3.8) is 0 Å². The molecule has 1 atom stereocenters. The largest absolute Gasteiger partial charge is 0.493 e. The van der Waals surface area contributed by atoms with Crippen molar-refractivity contribution in [1.82, 2.24) is 0 Å². The summed E-state index contributed by atoms with van der Waals surface area (Å²) >= 11 is 0. The average molecular weight is 240 g/mol. The second-order valence-corrected chi connectivity index (χ2v) is 3.43. The van der Waals surface area contributed by atoms with Gasteiger partial charge in [-0.25, -0.2) is 4.79 Å². The van der Waals surface area contributed by atoms with Gasteiger partial charge in [-0.2, -0.15) is 0 Å². The zero-order valence-corrected chi connectivity index (χ0v) is 10.1. The van der Waals surface area contributed by atoms with Crippen molar-refractivity contribution in [2.45, 2.75) is 19.6 Å². The molecule has 1 rings (SSSR count). The summed E-state index contributed by atoms with van der Waals surface area (Å²) in [4.78, 5) is 11.2. The van der Waals surface area contributed by atoms with Gasteiger partial charge in [0.05, 0.1) is 20.8 Å². The van der Waals surface area contributed by atoms with Gasteiger partial charge >= 0.3 is 5.97 Å². The average Bonchev–Trinajstić information content (AvgIpc) is 2.37. The van der Waals surface area contributed by atoms with Gasteiger partial charge in [0.25, 0.3) is 0 Å². The summed E-state index contributed by atoms with van der Waals surface area (Å²) in [6.45, 7) is 1.48. The molecule has 1 unspecified atom stereocenters. The third-order valence-electron chi connectivity index (χ3n) is 2.25. The number of ether oxygens (including phenoxy) is 3. The summed E-state index contributed by atoms with van der Waals surface area (Å²) in [7, 11) is 2.80. The number of aliphatic hydroxyl groups excluding tert-OH is 1. The number of rotatable bonds is 5. The molecule has 0 aliphatic heterocycles. The first-order valence-corrected chi connectivity index (χ1v) is 5.14. The van der Waals surface area contributed by atoms with Gasteiger partial charge in [0.2, 0.25) is 0 Å². The smallest absolute Gasteiger partial charge is 0.346 e. The van der Waals surface area contributed by atoms with Crippen LogP contribution in [0.25, 0.3) is 0 Å². The van der Waals surface area contributed by atoms with Gasteiger partial charge in [0.15, 0.2) is 17.6 Å². The van der Waals surface area contributed by atoms with Gasteiger partial charge in [-0.3, -0.25) is 0 Å². The highest BCUT2D eigenvalue weighted by molar-refractivity contribution is 5.74. The number of aliphatic hydroxyl groups is 1. The number of esters is 1. The molecule has 5 nitrogen and oxygen atoms in total. The zero-order valence-electron chi connectivity index (χ0n) is 10.1. The molecule has 0 saturated carbocycles. The van der Waals surface area contributed by atoms with Crippen LogP contribution in [0, 0.1) is 0 Å². The lowest BCUT2D eigenvalue weighted by Crippen LogP contribution is -2.25. The van der Waals surface area contributed by atoms with E-state index in [4.69, 9.17) is 14.6 Å². The Labute approximate surface area is 99.9 Å². The summed E-state index contributed by atoms with van der Waals surface area (Å²) in [6.07, 6.45) is -0.733. The Bertz CT molecular complexity index is 388. The second-order valence-electron chi connectivity index (χ2n) is 3.43. The minimum Gasteiger partial charge on any atom is -0.493 e. The van der Waals surface area contributed by atoms with Gasteiger partial charge in [-0.15, -0.1) is 0 Å². The van der Waals surface area contributed by atoms with E-state index >= 15 is 0 Å². The van der Waals surface area contributed by atoms with Crippen molar-refractivity contribution >= 4 is 5.97 Å². The van der Waals surface area contributed by atoms with Crippen LogP contribution in [0.1, 0.15) is 12.5 Å². The molecule has 94 valence electrons. The number of benzene rings is 1. The van der Waals surface area contributed by atoms with Crippen molar-refractivity contribution in [3.05, 3.63) is 23.8 Å². The third kappa shape index (κ3) is 3.35. The van der Waals surface area contributed by atoms with E-state index in [1.54, 1.807) is 25.1 Å². The van der Waals surface area contributed by atoms with E-state index in [1.165, 1.54) is 14.2 Å². The SMILES string of the molecule is COC(=O)C(C)Oc1cc(CO)ccc1OC. The first kappa shape index (κ1) is 13.3. The predicted octanol–water partition coefficient (Wildman–Crippen LogP) is 1.13. The quantitative estimate of drug-likeness (QED) is 0.781. The molecule has 0 spiro atoms. The number of carbonyl (C=O) groups excluding carboxylic acids is 1. The highest BCUT2D eigenvalue weighted by atomic mass is 16.6. The molecule has 17 heavy (non-hydrogen) atoms. The molecule has 0 amide bonds. The van der Waals surface area contributed by atoms with Crippen molar-refractivity contribution in [3.8, 4) is 11.5 Å². The second kappa shape index (κ2) is 6.10. The van der Waals surface area contributed by atoms with Gasteiger partial charge in [-0.05, 0) is 24.6 Å². The highest BCUT2D eigenvalue weighted by Crippen LogP contribution is 2.29. The van der Waals surface area contributed by atoms with Crippen LogP contribution in [0.15, 0.2) is 18.2 Å². The van der Waals surface area contributed by atoms with Gasteiger partial charge < -0.3 is 19.3 Å². The number of hydrogen-bond acceptors (Lipinski definition) is 5. The molecule has 0 saturated heterocycles. The minimum absolute atomic E-state index is 0.104. The van der Waals surface area contributed by atoms with Crippen LogP contribution < -0.4 is 9.47 Å². The Morgan fingerprint density at radius 1 is 1.35 bits per heavy atom. The maximum atomic E-state index is 11.2. The Morgan fingerprint density at radius 2 is 2.06 bits per heavy atom. The molecular weight excluding hydrogens is 224 g/mol. The van der Waals surface area contributed by atoms with Crippen LogP contribution in [-0.2, 0) is 16.1 Å². The number of methoxy groups -OCH3 is 2. The van der Waals surface area contributed by atoms with Crippen molar-refractivity contribution in [2.24, 2.45) is 0 Å². The van der Waals surface area contributed by atoms with Crippen LogP contribution in [0.3, 0.4) is 0 Å². The Balaban J connectivity index is 2.91. The third-order valence-corrected chi connectivity index (χ3v) is 2.25. The van der Waals surface area contributed by atoms with E-state index in [1.807, 2.05) is 0 Å². The molecular formula is C12H16O5. The molecule has 1 aromatic rings. The summed E-state index contributed by atoms with van der Waals surface area (Å²) < 4.78 is 15.1. The molecule has 0 bridgehead atoms. The topological polar surface area (TPSA) is 65.0 Å². The maximum absolute atomic E-state index is 11.2. The zero-order chi connectivity index (χ0) is 12.8. The van der Waals surface area contributed by atoms with E-state index in [0.29, 0.717) is 17.1 Å². The Morgan fingerprint density at radius 3 is 2.59 bits per heavy atom. The van der Waals surface area contributed by atoms with Crippen LogP contribution in [0.4, 0.5) is 0 Å². The van der Waals surface area contributed by atoms with Crippen molar-refractivity contribution in [2.75, 3.05) is 14.2 Å². The summed E-state index contributed by atoms with van der Waals surface area (Å²) in [5, 5.41) is 9.03. The van der Waals surface area contributed by atoms with E-state index < -0.39 is 12.1 Å². The van der Waals surface area contributed by atoms with Crippen LogP contribution in [-0.4, -0.2) is 31.4 Å². The van der Waals surface area contributed by atoms with Gasteiger partial charge in [0, 0.05) is 0 Å². The number of carbonyl (C=O) groups is 1. The van der Waals surface area contributed by atoms with Gasteiger partial charge in [-0.1, -0.05) is 6.07 Å². The first-order valence-electron chi connectivity index (χ1n) is 5.14. The molecule has 0 aliphatic carbocycles. The molecule has 0 fully saturated rings. The molecule has 1 N–H and O–H groups in total. The summed E-state index contributed by atoms with van der Waals surface area (Å²) in [6, 6.07) is 5.01. The Kier molecular flexibility index (Phi) is 4.78. The van der Waals surface area contributed by atoms with Crippen molar-refractivity contribution < 1.29 is 24.1 Å². The molecule has 0 radical (unpaired) electrons. The van der Waals surface area contributed by atoms with E-state index in [-0.39, 0.29) is 6.61 Å². The monoisotopic (exact) mass is 240 g/mol.